The summed E-state index contributed by atoms with van der Waals surface area (Å²) in [6.07, 6.45) is 0.792. The van der Waals surface area contributed by atoms with Crippen molar-refractivity contribution in [2.75, 3.05) is 13.2 Å². The summed E-state index contributed by atoms with van der Waals surface area (Å²) in [6, 6.07) is 17.7. The molecule has 49 heavy (non-hydrogen) atoms. The maximum absolute atomic E-state index is 15.8. The number of halogens is 2. The lowest BCUT2D eigenvalue weighted by Gasteiger charge is -2.24. The molecule has 0 spiro atoms. The maximum atomic E-state index is 15.8. The number of aromatic nitrogens is 3. The Kier molecular flexibility index (Phi) is 9.73. The minimum atomic E-state index is -1.06. The van der Waals surface area contributed by atoms with E-state index in [1.807, 2.05) is 25.3 Å². The molecule has 0 aliphatic carbocycles. The van der Waals surface area contributed by atoms with Crippen molar-refractivity contribution in [1.82, 2.24) is 19.4 Å². The highest BCUT2D eigenvalue weighted by Crippen LogP contribution is 2.30. The molecule has 3 aromatic carbocycles. The summed E-state index contributed by atoms with van der Waals surface area (Å²) in [5.41, 5.74) is 4.72. The molecule has 0 bridgehead atoms. The molecule has 0 unspecified atom stereocenters. The van der Waals surface area contributed by atoms with Crippen LogP contribution in [0, 0.1) is 25.5 Å². The zero-order valence-corrected chi connectivity index (χ0v) is 27.9. The second kappa shape index (κ2) is 14.1. The molecular weight excluding hydrogens is 630 g/mol. The highest BCUT2D eigenvalue weighted by atomic mass is 19.1. The second-order valence-electron chi connectivity index (χ2n) is 12.5. The minimum Gasteiger partial charge on any atom is -0.478 e. The number of carboxylic acids is 1. The third-order valence-electron chi connectivity index (χ3n) is 9.01. The van der Waals surface area contributed by atoms with Gasteiger partial charge < -0.3 is 24.0 Å². The van der Waals surface area contributed by atoms with Crippen molar-refractivity contribution < 1.29 is 33.0 Å². The lowest BCUT2D eigenvalue weighted by Crippen LogP contribution is -2.37. The van der Waals surface area contributed by atoms with Crippen LogP contribution in [0.15, 0.2) is 66.7 Å². The molecule has 1 saturated heterocycles. The summed E-state index contributed by atoms with van der Waals surface area (Å²) in [7, 11) is 0. The van der Waals surface area contributed by atoms with Crippen molar-refractivity contribution in [3.05, 3.63) is 112 Å². The molecule has 1 aliphatic heterocycles. The van der Waals surface area contributed by atoms with E-state index in [4.69, 9.17) is 14.5 Å². The van der Waals surface area contributed by atoms with Gasteiger partial charge in [0.1, 0.15) is 24.1 Å². The number of nitrogens with zero attached hydrogens (tertiary/aromatic N) is 4. The van der Waals surface area contributed by atoms with Gasteiger partial charge >= 0.3 is 5.97 Å². The van der Waals surface area contributed by atoms with Gasteiger partial charge in [0.25, 0.3) is 0 Å². The fourth-order valence-corrected chi connectivity index (χ4v) is 6.49. The molecule has 1 fully saturated rings. The van der Waals surface area contributed by atoms with E-state index in [-0.39, 0.29) is 53.9 Å². The van der Waals surface area contributed by atoms with Crippen LogP contribution in [0.25, 0.3) is 22.3 Å². The number of carboxylic acid groups (broad SMARTS) is 1. The van der Waals surface area contributed by atoms with E-state index in [0.717, 1.165) is 11.1 Å². The van der Waals surface area contributed by atoms with E-state index >= 15 is 4.39 Å². The van der Waals surface area contributed by atoms with E-state index in [2.05, 4.69) is 4.98 Å². The first-order valence-corrected chi connectivity index (χ1v) is 16.3. The molecular formula is C38H38F2N4O5. The fraction of sp³-hybridized carbons (Fsp3) is 0.316. The number of hydrogen-bond donors (Lipinski definition) is 1. The number of amides is 1. The van der Waals surface area contributed by atoms with Crippen LogP contribution in [0.5, 0.6) is 5.88 Å². The quantitative estimate of drug-likeness (QED) is 0.163. The van der Waals surface area contributed by atoms with Gasteiger partial charge in [-0.2, -0.15) is 0 Å². The molecule has 9 nitrogen and oxygen atoms in total. The third-order valence-corrected chi connectivity index (χ3v) is 9.01. The van der Waals surface area contributed by atoms with Gasteiger partial charge in [-0.1, -0.05) is 18.2 Å². The maximum Gasteiger partial charge on any atom is 0.335 e. The topological polar surface area (TPSA) is 107 Å². The van der Waals surface area contributed by atoms with Gasteiger partial charge in [0.15, 0.2) is 0 Å². The lowest BCUT2D eigenvalue weighted by atomic mass is 9.99. The number of carbonyl (C=O) groups is 2. The molecule has 0 saturated carbocycles. The van der Waals surface area contributed by atoms with Crippen molar-refractivity contribution in [3.63, 3.8) is 0 Å². The number of fused-ring (bicyclic) bond motifs is 1. The minimum absolute atomic E-state index is 0.0186. The molecule has 2 atom stereocenters. The number of likely N-dealkylation sites (tertiary alicyclic amines) is 1. The predicted molar refractivity (Wildman–Crippen MR) is 181 cm³/mol. The first-order chi connectivity index (χ1) is 23.5. The molecule has 1 amide bonds. The molecule has 1 aliphatic rings. The smallest absolute Gasteiger partial charge is 0.335 e. The number of aryl methyl sites for hydroxylation is 2. The van der Waals surface area contributed by atoms with Crippen molar-refractivity contribution in [1.29, 1.82) is 0 Å². The van der Waals surface area contributed by atoms with Crippen molar-refractivity contribution in [2.45, 2.75) is 65.8 Å². The number of pyridine rings is 1. The Morgan fingerprint density at radius 3 is 2.53 bits per heavy atom. The summed E-state index contributed by atoms with van der Waals surface area (Å²) < 4.78 is 43.7. The Bertz CT molecular complexity index is 2040. The van der Waals surface area contributed by atoms with Gasteiger partial charge in [0.05, 0.1) is 34.4 Å². The Balaban J connectivity index is 1.29. The summed E-state index contributed by atoms with van der Waals surface area (Å²) >= 11 is 0. The second-order valence-corrected chi connectivity index (χ2v) is 12.5. The Hall–Kier alpha value is -5.16. The van der Waals surface area contributed by atoms with Gasteiger partial charge in [0.2, 0.25) is 11.8 Å². The Morgan fingerprint density at radius 2 is 1.80 bits per heavy atom. The number of hydrogen-bond acceptors (Lipinski definition) is 6. The Morgan fingerprint density at radius 1 is 0.980 bits per heavy atom. The van der Waals surface area contributed by atoms with Crippen molar-refractivity contribution >= 4 is 22.9 Å². The molecule has 254 valence electrons. The SMILES string of the molecule is CCO[C@@H]1C[C@H](Cn2c(Cc3cc(F)c(-c4cccc(OCc5ccc(C)cc5F)n4)cc3C)nc3ccc(C(=O)O)cc32)N(C(C)=O)C1. The van der Waals surface area contributed by atoms with Gasteiger partial charge in [-0.15, -0.1) is 0 Å². The van der Waals surface area contributed by atoms with Crippen LogP contribution in [0.3, 0.4) is 0 Å². The average Bonchev–Trinajstić information content (AvgIpc) is 3.63. The number of imidazole rings is 1. The van der Waals surface area contributed by atoms with Gasteiger partial charge in [-0.3, -0.25) is 4.79 Å². The van der Waals surface area contributed by atoms with E-state index in [9.17, 15) is 19.1 Å². The summed E-state index contributed by atoms with van der Waals surface area (Å²) in [4.78, 5) is 35.6. The zero-order valence-electron chi connectivity index (χ0n) is 27.9. The van der Waals surface area contributed by atoms with Crippen molar-refractivity contribution in [3.8, 4) is 17.1 Å². The van der Waals surface area contributed by atoms with Gasteiger partial charge in [-0.25, -0.2) is 23.5 Å². The average molecular weight is 669 g/mol. The highest BCUT2D eigenvalue weighted by molar-refractivity contribution is 5.92. The number of carbonyl (C=O) groups excluding carboxylic acids is 1. The molecule has 0 radical (unpaired) electrons. The van der Waals surface area contributed by atoms with Crippen LogP contribution in [0.2, 0.25) is 0 Å². The van der Waals surface area contributed by atoms with E-state index in [0.29, 0.717) is 59.8 Å². The van der Waals surface area contributed by atoms with Crippen LogP contribution in [0.1, 0.15) is 58.7 Å². The molecule has 11 heteroatoms. The normalized spacial score (nSPS) is 16.0. The van der Waals surface area contributed by atoms with E-state index in [1.54, 1.807) is 53.4 Å². The number of ether oxygens (including phenoxy) is 2. The van der Waals surface area contributed by atoms with Crippen LogP contribution in [-0.4, -0.2) is 61.7 Å². The molecule has 6 rings (SSSR count). The largest absolute Gasteiger partial charge is 0.478 e. The van der Waals surface area contributed by atoms with Gasteiger partial charge in [-0.05, 0) is 86.3 Å². The summed E-state index contributed by atoms with van der Waals surface area (Å²) in [6.45, 7) is 8.51. The first-order valence-electron chi connectivity index (χ1n) is 16.3. The fourth-order valence-electron chi connectivity index (χ4n) is 6.49. The van der Waals surface area contributed by atoms with E-state index in [1.165, 1.54) is 25.1 Å². The summed E-state index contributed by atoms with van der Waals surface area (Å²) in [5, 5.41) is 9.71. The first kappa shape index (κ1) is 33.7. The number of rotatable bonds is 11. The lowest BCUT2D eigenvalue weighted by molar-refractivity contribution is -0.130. The highest BCUT2D eigenvalue weighted by Gasteiger charge is 2.35. The van der Waals surface area contributed by atoms with Crippen molar-refractivity contribution in [2.24, 2.45) is 0 Å². The predicted octanol–water partition coefficient (Wildman–Crippen LogP) is 6.89. The molecule has 1 N–H and O–H groups in total. The van der Waals surface area contributed by atoms with Crippen LogP contribution in [-0.2, 0) is 29.1 Å². The zero-order chi connectivity index (χ0) is 34.8. The third kappa shape index (κ3) is 7.31. The van der Waals surface area contributed by atoms with Crippen LogP contribution in [0.4, 0.5) is 8.78 Å². The number of aromatic carboxylic acids is 1. The number of benzene rings is 3. The van der Waals surface area contributed by atoms with E-state index < -0.39 is 11.8 Å². The molecule has 5 aromatic rings. The molecule has 3 heterocycles. The summed E-state index contributed by atoms with van der Waals surface area (Å²) in [5.74, 6) is -1.11. The monoisotopic (exact) mass is 668 g/mol. The standard InChI is InChI=1S/C38H38F2N4O5/c1-5-48-29-18-28(43(20-29)24(4)45)19-44-35-16-25(38(46)47)11-12-34(35)41-36(44)17-27-15-32(40)30(14-23(27)3)33-7-6-8-37(42-33)49-21-26-10-9-22(2)13-31(26)39/h6-16,28-29H,5,17-21H2,1-4H3,(H,46,47)/t28-,29-/m1/s1. The van der Waals surface area contributed by atoms with Gasteiger partial charge in [0, 0.05) is 50.2 Å². The Labute approximate surface area is 283 Å². The van der Waals surface area contributed by atoms with Crippen LogP contribution < -0.4 is 4.74 Å². The molecule has 2 aromatic heterocycles. The van der Waals surface area contributed by atoms with Crippen LogP contribution >= 0.6 is 0 Å².